The van der Waals surface area contributed by atoms with Crippen LogP contribution in [0.25, 0.3) is 10.4 Å². The highest BCUT2D eigenvalue weighted by Crippen LogP contribution is 2.29. The Morgan fingerprint density at radius 1 is 1.45 bits per heavy atom. The summed E-state index contributed by atoms with van der Waals surface area (Å²) in [5, 5.41) is 3.56. The predicted molar refractivity (Wildman–Crippen MR) is 81.7 cm³/mol. The lowest BCUT2D eigenvalue weighted by Crippen LogP contribution is -2.24. The molecule has 0 aliphatic carbocycles. The lowest BCUT2D eigenvalue weighted by atomic mass is 10.1. The minimum absolute atomic E-state index is 0.0897. The molecule has 1 aromatic rings. The van der Waals surface area contributed by atoms with Crippen molar-refractivity contribution in [2.45, 2.75) is 19.9 Å². The van der Waals surface area contributed by atoms with Crippen LogP contribution in [0.4, 0.5) is 0 Å². The normalized spacial score (nSPS) is 17.3. The molecule has 7 nitrogen and oxygen atoms in total. The quantitative estimate of drug-likeness (QED) is 0.441. The summed E-state index contributed by atoms with van der Waals surface area (Å²) in [6.45, 7) is 3.97. The van der Waals surface area contributed by atoms with Gasteiger partial charge in [-0.1, -0.05) is 11.2 Å². The molecule has 1 heterocycles. The number of rotatable bonds is 7. The van der Waals surface area contributed by atoms with Gasteiger partial charge < -0.3 is 14.4 Å². The van der Waals surface area contributed by atoms with Crippen LogP contribution in [0.5, 0.6) is 11.5 Å². The number of hydrogen-bond acceptors (Lipinski definition) is 4. The zero-order valence-electron chi connectivity index (χ0n) is 12.9. The number of carbonyl (C=O) groups is 1. The van der Waals surface area contributed by atoms with Gasteiger partial charge in [-0.2, -0.15) is 0 Å². The van der Waals surface area contributed by atoms with E-state index in [1.807, 2.05) is 25.1 Å². The first kappa shape index (κ1) is 16.0. The third kappa shape index (κ3) is 3.83. The first-order valence-electron chi connectivity index (χ1n) is 7.26. The molecule has 0 radical (unpaired) electrons. The third-order valence-corrected chi connectivity index (χ3v) is 3.60. The Balaban J connectivity index is 2.05. The fourth-order valence-electron chi connectivity index (χ4n) is 2.59. The number of amides is 1. The number of ether oxygens (including phenoxy) is 2. The van der Waals surface area contributed by atoms with Crippen LogP contribution in [0.2, 0.25) is 0 Å². The molecule has 0 bridgehead atoms. The lowest BCUT2D eigenvalue weighted by Gasteiger charge is -2.18. The van der Waals surface area contributed by atoms with Crippen LogP contribution in [0.3, 0.4) is 0 Å². The van der Waals surface area contributed by atoms with Crippen LogP contribution in [0.1, 0.15) is 18.9 Å². The van der Waals surface area contributed by atoms with Crippen molar-refractivity contribution in [2.75, 3.05) is 26.8 Å². The molecule has 1 aromatic carbocycles. The summed E-state index contributed by atoms with van der Waals surface area (Å²) in [7, 11) is 1.60. The molecule has 0 spiro atoms. The Kier molecular flexibility index (Phi) is 5.49. The Morgan fingerprint density at radius 3 is 2.95 bits per heavy atom. The molecular formula is C15H20N4O3. The van der Waals surface area contributed by atoms with Gasteiger partial charge in [0.15, 0.2) is 11.5 Å². The zero-order chi connectivity index (χ0) is 15.9. The average Bonchev–Trinajstić information content (AvgIpc) is 2.86. The van der Waals surface area contributed by atoms with Crippen molar-refractivity contribution in [3.63, 3.8) is 0 Å². The van der Waals surface area contributed by atoms with Crippen molar-refractivity contribution in [3.05, 3.63) is 34.2 Å². The van der Waals surface area contributed by atoms with Crippen LogP contribution in [-0.2, 0) is 11.3 Å². The second-order valence-electron chi connectivity index (χ2n) is 5.18. The Hall–Kier alpha value is -2.40. The number of methoxy groups -OCH3 is 1. The fraction of sp³-hybridized carbons (Fsp3) is 0.533. The summed E-state index contributed by atoms with van der Waals surface area (Å²) in [6, 6.07) is 5.67. The zero-order valence-corrected chi connectivity index (χ0v) is 12.9. The molecule has 1 fully saturated rings. The van der Waals surface area contributed by atoms with Crippen LogP contribution < -0.4 is 9.47 Å². The molecule has 1 aliphatic heterocycles. The molecule has 2 rings (SSSR count). The van der Waals surface area contributed by atoms with Gasteiger partial charge in [-0.25, -0.2) is 0 Å². The highest BCUT2D eigenvalue weighted by atomic mass is 16.5. The van der Waals surface area contributed by atoms with E-state index in [9.17, 15) is 4.79 Å². The van der Waals surface area contributed by atoms with E-state index >= 15 is 0 Å². The number of benzene rings is 1. The summed E-state index contributed by atoms with van der Waals surface area (Å²) in [5.74, 6) is 1.55. The lowest BCUT2D eigenvalue weighted by molar-refractivity contribution is -0.128. The predicted octanol–water partition coefficient (Wildman–Crippen LogP) is 2.75. The van der Waals surface area contributed by atoms with Crippen molar-refractivity contribution < 1.29 is 14.3 Å². The molecule has 0 saturated carbocycles. The number of hydrogen-bond donors (Lipinski definition) is 0. The molecule has 7 heteroatoms. The van der Waals surface area contributed by atoms with E-state index in [0.29, 0.717) is 44.2 Å². The molecule has 1 aliphatic rings. The second kappa shape index (κ2) is 7.56. The molecule has 0 aromatic heterocycles. The molecule has 118 valence electrons. The van der Waals surface area contributed by atoms with Crippen LogP contribution in [0.15, 0.2) is 23.3 Å². The van der Waals surface area contributed by atoms with Crippen LogP contribution >= 0.6 is 0 Å². The Bertz CT molecular complexity index is 584. The topological polar surface area (TPSA) is 87.5 Å². The van der Waals surface area contributed by atoms with Crippen LogP contribution in [-0.4, -0.2) is 37.6 Å². The average molecular weight is 304 g/mol. The van der Waals surface area contributed by atoms with Crippen molar-refractivity contribution in [2.24, 2.45) is 11.0 Å². The van der Waals surface area contributed by atoms with E-state index in [2.05, 4.69) is 10.0 Å². The van der Waals surface area contributed by atoms with Gasteiger partial charge >= 0.3 is 0 Å². The van der Waals surface area contributed by atoms with Gasteiger partial charge in [0.2, 0.25) is 5.91 Å². The summed E-state index contributed by atoms with van der Waals surface area (Å²) >= 11 is 0. The first-order valence-corrected chi connectivity index (χ1v) is 7.26. The van der Waals surface area contributed by atoms with Gasteiger partial charge in [0.05, 0.1) is 13.7 Å². The first-order chi connectivity index (χ1) is 10.7. The molecular weight excluding hydrogens is 284 g/mol. The Labute approximate surface area is 129 Å². The van der Waals surface area contributed by atoms with Gasteiger partial charge in [0.1, 0.15) is 0 Å². The summed E-state index contributed by atoms with van der Waals surface area (Å²) in [5.41, 5.74) is 9.35. The van der Waals surface area contributed by atoms with Gasteiger partial charge in [0, 0.05) is 31.0 Å². The number of carbonyl (C=O) groups excluding carboxylic acids is 1. The number of azide groups is 1. The standard InChI is InChI=1S/C15H20N4O3/c1-3-22-14-6-11(4-5-13(14)21-2)9-19-10-12(7-15(19)20)8-17-18-16/h4-6,12H,3,7-10H2,1-2H3. The van der Waals surface area contributed by atoms with Crippen molar-refractivity contribution in [3.8, 4) is 11.5 Å². The molecule has 1 unspecified atom stereocenters. The van der Waals surface area contributed by atoms with Gasteiger partial charge in [-0.3, -0.25) is 4.79 Å². The van der Waals surface area contributed by atoms with Gasteiger partial charge in [0.25, 0.3) is 0 Å². The molecule has 0 N–H and O–H groups in total. The molecule has 1 amide bonds. The molecule has 1 saturated heterocycles. The SMILES string of the molecule is CCOc1cc(CN2CC(CN=[N+]=[N-])CC2=O)ccc1OC. The van der Waals surface area contributed by atoms with E-state index in [1.165, 1.54) is 0 Å². The van der Waals surface area contributed by atoms with E-state index in [4.69, 9.17) is 15.0 Å². The number of nitrogens with zero attached hydrogens (tertiary/aromatic N) is 4. The third-order valence-electron chi connectivity index (χ3n) is 3.60. The number of likely N-dealkylation sites (tertiary alicyclic amines) is 1. The molecule has 22 heavy (non-hydrogen) atoms. The minimum Gasteiger partial charge on any atom is -0.493 e. The second-order valence-corrected chi connectivity index (χ2v) is 5.18. The van der Waals surface area contributed by atoms with Crippen molar-refractivity contribution in [1.29, 1.82) is 0 Å². The fourth-order valence-corrected chi connectivity index (χ4v) is 2.59. The smallest absolute Gasteiger partial charge is 0.223 e. The maximum Gasteiger partial charge on any atom is 0.223 e. The van der Waals surface area contributed by atoms with Crippen molar-refractivity contribution >= 4 is 5.91 Å². The van der Waals surface area contributed by atoms with Gasteiger partial charge in [-0.15, -0.1) is 0 Å². The van der Waals surface area contributed by atoms with E-state index in [1.54, 1.807) is 12.0 Å². The maximum absolute atomic E-state index is 12.0. The summed E-state index contributed by atoms with van der Waals surface area (Å²) in [6.07, 6.45) is 0.438. The Morgan fingerprint density at radius 2 is 2.27 bits per heavy atom. The van der Waals surface area contributed by atoms with E-state index in [0.717, 1.165) is 5.56 Å². The summed E-state index contributed by atoms with van der Waals surface area (Å²) in [4.78, 5) is 16.6. The molecule has 1 atom stereocenters. The van der Waals surface area contributed by atoms with Gasteiger partial charge in [-0.05, 0) is 36.1 Å². The van der Waals surface area contributed by atoms with Crippen LogP contribution in [0, 0.1) is 5.92 Å². The van der Waals surface area contributed by atoms with Crippen molar-refractivity contribution in [1.82, 2.24) is 4.90 Å². The summed E-state index contributed by atoms with van der Waals surface area (Å²) < 4.78 is 10.8. The van der Waals surface area contributed by atoms with E-state index < -0.39 is 0 Å². The van der Waals surface area contributed by atoms with E-state index in [-0.39, 0.29) is 11.8 Å². The monoisotopic (exact) mass is 304 g/mol. The minimum atomic E-state index is 0.0897. The highest BCUT2D eigenvalue weighted by Gasteiger charge is 2.29. The largest absolute Gasteiger partial charge is 0.493 e. The maximum atomic E-state index is 12.0. The highest BCUT2D eigenvalue weighted by molar-refractivity contribution is 5.78.